The highest BCUT2D eigenvalue weighted by molar-refractivity contribution is 7.93. The van der Waals surface area contributed by atoms with Crippen molar-refractivity contribution >= 4 is 42.1 Å². The molecule has 14 heteroatoms. The average molecular weight is 599 g/mol. The second-order valence-corrected chi connectivity index (χ2v) is 13.4. The fourth-order valence-electron chi connectivity index (χ4n) is 4.46. The van der Waals surface area contributed by atoms with Crippen molar-refractivity contribution in [3.8, 4) is 17.6 Å². The number of piperidine rings is 1. The molecule has 0 bridgehead atoms. The minimum absolute atomic E-state index is 0.0896. The maximum absolute atomic E-state index is 13.2. The van der Waals surface area contributed by atoms with E-state index in [1.54, 1.807) is 6.07 Å². The van der Waals surface area contributed by atoms with Crippen molar-refractivity contribution in [2.75, 3.05) is 43.0 Å². The summed E-state index contributed by atoms with van der Waals surface area (Å²) in [5, 5.41) is 5.84. The number of rotatable bonds is 8. The molecule has 2 heterocycles. The summed E-state index contributed by atoms with van der Waals surface area (Å²) in [5.74, 6) is 6.05. The molecule has 1 saturated heterocycles. The Labute approximate surface area is 231 Å². The number of ether oxygens (including phenoxy) is 1. The minimum Gasteiger partial charge on any atom is -0.495 e. The van der Waals surface area contributed by atoms with Gasteiger partial charge in [0.05, 0.1) is 40.7 Å². The molecule has 0 radical (unpaired) electrons. The predicted octanol–water partition coefficient (Wildman–Crippen LogP) is 3.57. The molecule has 3 N–H and O–H groups in total. The number of sulfone groups is 1. The van der Waals surface area contributed by atoms with E-state index in [1.165, 1.54) is 43.6 Å². The Morgan fingerprint density at radius 1 is 1.07 bits per heavy atom. The van der Waals surface area contributed by atoms with Crippen LogP contribution in [0, 0.1) is 11.8 Å². The number of methoxy groups -OCH3 is 1. The Hall–Kier alpha value is -3.41. The van der Waals surface area contributed by atoms with Gasteiger partial charge in [-0.1, -0.05) is 11.8 Å². The smallest absolute Gasteiger partial charge is 0.406 e. The molecule has 0 amide bonds. The Bertz CT molecular complexity index is 1670. The van der Waals surface area contributed by atoms with Gasteiger partial charge in [0.25, 0.3) is 0 Å². The first kappa shape index (κ1) is 29.6. The first-order valence-electron chi connectivity index (χ1n) is 12.3. The first-order valence-corrected chi connectivity index (χ1v) is 15.7. The topological polar surface area (TPSA) is 119 Å². The largest absolute Gasteiger partial charge is 0.495 e. The molecule has 0 unspecified atom stereocenters. The van der Waals surface area contributed by atoms with Gasteiger partial charge in [0.15, 0.2) is 9.84 Å². The number of benzene rings is 2. The molecule has 1 aromatic heterocycles. The third kappa shape index (κ3) is 7.21. The second kappa shape index (κ2) is 11.6. The van der Waals surface area contributed by atoms with Crippen LogP contribution < -0.4 is 20.1 Å². The highest BCUT2D eigenvalue weighted by atomic mass is 32.2. The minimum atomic E-state index is -4.47. The highest BCUT2D eigenvalue weighted by Crippen LogP contribution is 2.31. The van der Waals surface area contributed by atoms with Crippen molar-refractivity contribution in [3.63, 3.8) is 0 Å². The van der Waals surface area contributed by atoms with Crippen LogP contribution in [0.5, 0.6) is 5.75 Å². The summed E-state index contributed by atoms with van der Waals surface area (Å²) >= 11 is 0. The number of sulfonamides is 1. The van der Waals surface area contributed by atoms with E-state index in [9.17, 15) is 30.0 Å². The molecule has 0 saturated carbocycles. The van der Waals surface area contributed by atoms with E-state index in [0.717, 1.165) is 10.8 Å². The van der Waals surface area contributed by atoms with E-state index in [2.05, 4.69) is 27.2 Å². The third-order valence-corrected chi connectivity index (χ3v) is 9.38. The average Bonchev–Trinajstić information content (AvgIpc) is 3.27. The Morgan fingerprint density at radius 2 is 1.80 bits per heavy atom. The number of anilines is 2. The number of aromatic nitrogens is 1. The summed E-state index contributed by atoms with van der Waals surface area (Å²) in [5.41, 5.74) is 1.17. The molecule has 4 rings (SSSR count). The van der Waals surface area contributed by atoms with E-state index in [0.29, 0.717) is 48.3 Å². The molecular formula is C26H29F3N4O5S2. The third-order valence-electron chi connectivity index (χ3n) is 6.42. The van der Waals surface area contributed by atoms with E-state index >= 15 is 0 Å². The molecule has 0 spiro atoms. The van der Waals surface area contributed by atoms with Crippen molar-refractivity contribution in [2.24, 2.45) is 0 Å². The van der Waals surface area contributed by atoms with Crippen molar-refractivity contribution in [2.45, 2.75) is 35.7 Å². The van der Waals surface area contributed by atoms with Crippen LogP contribution in [0.2, 0.25) is 0 Å². The van der Waals surface area contributed by atoms with Gasteiger partial charge < -0.3 is 19.9 Å². The molecule has 0 atom stereocenters. The van der Waals surface area contributed by atoms with Crippen molar-refractivity contribution in [1.82, 2.24) is 9.88 Å². The quantitative estimate of drug-likeness (QED) is 0.340. The van der Waals surface area contributed by atoms with Gasteiger partial charge in [0, 0.05) is 29.5 Å². The molecule has 9 nitrogen and oxygen atoms in total. The van der Waals surface area contributed by atoms with Gasteiger partial charge in [-0.3, -0.25) is 4.72 Å². The standard InChI is InChI=1S/C26H29F3N4O5S2/c1-38-25-16-20(39(2,34)35)5-6-22(25)31-10-3-4-18-14-23(32-40(36,37)19-7-11-30-12-8-19)21-9-13-33(24(21)15-18)17-26(27,28)29/h5-6,9,13-16,19,30-32H,7-8,10-12,17H2,1-2H3. The Kier molecular flexibility index (Phi) is 8.57. The number of nitrogens with one attached hydrogen (secondary N) is 3. The molecule has 1 fully saturated rings. The van der Waals surface area contributed by atoms with Crippen LogP contribution in [0.25, 0.3) is 10.9 Å². The van der Waals surface area contributed by atoms with Crippen LogP contribution in [0.4, 0.5) is 24.5 Å². The molecule has 1 aliphatic rings. The zero-order chi connectivity index (χ0) is 29.1. The van der Waals surface area contributed by atoms with Crippen molar-refractivity contribution < 1.29 is 34.7 Å². The SMILES string of the molecule is COc1cc(S(C)(=O)=O)ccc1NCC#Cc1cc(NS(=O)(=O)C2CCNCC2)c2ccn(CC(F)(F)F)c2c1. The highest BCUT2D eigenvalue weighted by Gasteiger charge is 2.30. The van der Waals surface area contributed by atoms with Gasteiger partial charge in [-0.05, 0) is 56.3 Å². The molecule has 3 aromatic rings. The van der Waals surface area contributed by atoms with Gasteiger partial charge in [-0.25, -0.2) is 16.8 Å². The number of hydrogen-bond acceptors (Lipinski definition) is 7. The molecule has 0 aliphatic carbocycles. The zero-order valence-corrected chi connectivity index (χ0v) is 23.4. The van der Waals surface area contributed by atoms with E-state index in [4.69, 9.17) is 4.74 Å². The molecule has 1 aliphatic heterocycles. The van der Waals surface area contributed by atoms with Crippen LogP contribution in [0.1, 0.15) is 18.4 Å². The second-order valence-electron chi connectivity index (χ2n) is 9.40. The van der Waals surface area contributed by atoms with E-state index in [-0.39, 0.29) is 22.6 Å². The fraction of sp³-hybridized carbons (Fsp3) is 0.385. The summed E-state index contributed by atoms with van der Waals surface area (Å²) in [4.78, 5) is 0.0932. The lowest BCUT2D eigenvalue weighted by Gasteiger charge is -2.23. The van der Waals surface area contributed by atoms with Crippen LogP contribution >= 0.6 is 0 Å². The van der Waals surface area contributed by atoms with Gasteiger partial charge in [-0.15, -0.1) is 0 Å². The lowest BCUT2D eigenvalue weighted by molar-refractivity contribution is -0.139. The normalized spacial score (nSPS) is 14.9. The fourth-order valence-corrected chi connectivity index (χ4v) is 6.59. The van der Waals surface area contributed by atoms with Crippen molar-refractivity contribution in [1.29, 1.82) is 0 Å². The van der Waals surface area contributed by atoms with Gasteiger partial charge in [0.2, 0.25) is 10.0 Å². The van der Waals surface area contributed by atoms with Crippen LogP contribution in [0.15, 0.2) is 47.5 Å². The lowest BCUT2D eigenvalue weighted by atomic mass is 10.1. The first-order chi connectivity index (χ1) is 18.8. The Morgan fingerprint density at radius 3 is 2.45 bits per heavy atom. The van der Waals surface area contributed by atoms with Gasteiger partial charge in [0.1, 0.15) is 12.3 Å². The summed E-state index contributed by atoms with van der Waals surface area (Å²) < 4.78 is 98.3. The van der Waals surface area contributed by atoms with E-state index < -0.39 is 37.8 Å². The molecular weight excluding hydrogens is 569 g/mol. The van der Waals surface area contributed by atoms with Gasteiger partial charge in [-0.2, -0.15) is 13.2 Å². The van der Waals surface area contributed by atoms with Crippen LogP contribution in [0.3, 0.4) is 0 Å². The van der Waals surface area contributed by atoms with Crippen LogP contribution in [-0.2, 0) is 26.4 Å². The maximum Gasteiger partial charge on any atom is 0.406 e. The number of fused-ring (bicyclic) bond motifs is 1. The summed E-state index contributed by atoms with van der Waals surface area (Å²) in [6.07, 6.45) is -1.27. The molecule has 40 heavy (non-hydrogen) atoms. The zero-order valence-electron chi connectivity index (χ0n) is 21.8. The van der Waals surface area contributed by atoms with Gasteiger partial charge >= 0.3 is 6.18 Å². The number of halogens is 3. The predicted molar refractivity (Wildman–Crippen MR) is 148 cm³/mol. The van der Waals surface area contributed by atoms with Crippen molar-refractivity contribution in [3.05, 3.63) is 48.2 Å². The monoisotopic (exact) mass is 598 g/mol. The molecule has 2 aromatic carbocycles. The summed E-state index contributed by atoms with van der Waals surface area (Å²) in [6.45, 7) is -0.0303. The number of hydrogen-bond donors (Lipinski definition) is 3. The number of nitrogens with zero attached hydrogens (tertiary/aromatic N) is 1. The maximum atomic E-state index is 13.2. The summed E-state index contributed by atoms with van der Waals surface area (Å²) in [6, 6.07) is 8.80. The Balaban J connectivity index is 1.63. The summed E-state index contributed by atoms with van der Waals surface area (Å²) in [7, 11) is -5.82. The molecule has 216 valence electrons. The van der Waals surface area contributed by atoms with E-state index in [1.807, 2.05) is 0 Å². The lowest BCUT2D eigenvalue weighted by Crippen LogP contribution is -2.38. The number of alkyl halides is 3. The van der Waals surface area contributed by atoms with Crippen LogP contribution in [-0.4, -0.2) is 65.8 Å².